The minimum absolute atomic E-state index is 0.0134. The van der Waals surface area contributed by atoms with E-state index < -0.39 is 0 Å². The number of benzene rings is 1. The van der Waals surface area contributed by atoms with Gasteiger partial charge in [-0.3, -0.25) is 4.79 Å². The van der Waals surface area contributed by atoms with Crippen LogP contribution in [0.3, 0.4) is 0 Å². The highest BCUT2D eigenvalue weighted by atomic mass is 16.5. The molecule has 184 valence electrons. The first kappa shape index (κ1) is 23.1. The third-order valence-electron chi connectivity index (χ3n) is 6.79. The average molecular weight is 478 g/mol. The van der Waals surface area contributed by atoms with Gasteiger partial charge in [-0.1, -0.05) is 12.1 Å². The maximum absolute atomic E-state index is 12.5. The van der Waals surface area contributed by atoms with Gasteiger partial charge in [0, 0.05) is 30.4 Å². The number of H-pyrrole nitrogens is 1. The summed E-state index contributed by atoms with van der Waals surface area (Å²) in [5.41, 5.74) is 9.44. The number of nitrogens with zero attached hydrogens (tertiary/aromatic N) is 4. The summed E-state index contributed by atoms with van der Waals surface area (Å²) in [5.74, 6) is 2.29. The van der Waals surface area contributed by atoms with E-state index in [1.165, 1.54) is 6.33 Å². The SMILES string of the molecule is CCOCCNC(=O)C1CCC(c2nc(-c3cc4cccc(OC)c4[nH]3)c3c(N)ncnn23)CC1. The minimum Gasteiger partial charge on any atom is -0.495 e. The van der Waals surface area contributed by atoms with Gasteiger partial charge in [-0.05, 0) is 44.7 Å². The quantitative estimate of drug-likeness (QED) is 0.332. The Morgan fingerprint density at radius 2 is 2.11 bits per heavy atom. The predicted octanol–water partition coefficient (Wildman–Crippen LogP) is 3.29. The van der Waals surface area contributed by atoms with E-state index in [1.807, 2.05) is 35.7 Å². The molecule has 0 atom stereocenters. The van der Waals surface area contributed by atoms with Crippen LogP contribution in [0.25, 0.3) is 27.8 Å². The molecule has 5 rings (SSSR count). The second-order valence-electron chi connectivity index (χ2n) is 8.87. The number of nitrogens with one attached hydrogen (secondary N) is 2. The number of methoxy groups -OCH3 is 1. The molecule has 1 aliphatic carbocycles. The molecule has 0 unspecified atom stereocenters. The summed E-state index contributed by atoms with van der Waals surface area (Å²) >= 11 is 0. The van der Waals surface area contributed by atoms with Gasteiger partial charge in [-0.15, -0.1) is 0 Å². The average Bonchev–Trinajstić information content (AvgIpc) is 3.49. The first-order valence-electron chi connectivity index (χ1n) is 12.1. The highest BCUT2D eigenvalue weighted by molar-refractivity contribution is 5.93. The maximum atomic E-state index is 12.5. The molecule has 0 saturated heterocycles. The summed E-state index contributed by atoms with van der Waals surface area (Å²) in [6.45, 7) is 3.69. The van der Waals surface area contributed by atoms with Crippen molar-refractivity contribution >= 4 is 28.1 Å². The topological polar surface area (TPSA) is 132 Å². The summed E-state index contributed by atoms with van der Waals surface area (Å²) < 4.78 is 12.6. The smallest absolute Gasteiger partial charge is 0.223 e. The van der Waals surface area contributed by atoms with Crippen LogP contribution in [0.5, 0.6) is 5.75 Å². The lowest BCUT2D eigenvalue weighted by atomic mass is 9.81. The Bertz CT molecular complexity index is 1340. The molecule has 35 heavy (non-hydrogen) atoms. The Labute approximate surface area is 203 Å². The Hall–Kier alpha value is -3.66. The molecule has 3 aromatic heterocycles. The Morgan fingerprint density at radius 3 is 2.89 bits per heavy atom. The highest BCUT2D eigenvalue weighted by Crippen LogP contribution is 2.39. The fraction of sp³-hybridized carbons (Fsp3) is 0.440. The van der Waals surface area contributed by atoms with Gasteiger partial charge in [0.1, 0.15) is 29.1 Å². The molecule has 0 aliphatic heterocycles. The summed E-state index contributed by atoms with van der Waals surface area (Å²) in [7, 11) is 1.65. The molecule has 1 aromatic carbocycles. The number of imidazole rings is 1. The number of amides is 1. The lowest BCUT2D eigenvalue weighted by molar-refractivity contribution is -0.126. The number of hydrogen-bond acceptors (Lipinski definition) is 7. The van der Waals surface area contributed by atoms with Crippen LogP contribution in [-0.4, -0.2) is 57.3 Å². The van der Waals surface area contributed by atoms with Crippen molar-refractivity contribution in [1.29, 1.82) is 0 Å². The third kappa shape index (κ3) is 4.41. The van der Waals surface area contributed by atoms with E-state index in [1.54, 1.807) is 7.11 Å². The van der Waals surface area contributed by atoms with E-state index in [-0.39, 0.29) is 17.7 Å². The second-order valence-corrected chi connectivity index (χ2v) is 8.87. The van der Waals surface area contributed by atoms with Crippen molar-refractivity contribution in [3.63, 3.8) is 0 Å². The fourth-order valence-electron chi connectivity index (χ4n) is 5.00. The van der Waals surface area contributed by atoms with Crippen LogP contribution < -0.4 is 15.8 Å². The molecule has 1 saturated carbocycles. The monoisotopic (exact) mass is 477 g/mol. The van der Waals surface area contributed by atoms with Crippen LogP contribution in [0.1, 0.15) is 44.3 Å². The van der Waals surface area contributed by atoms with Crippen LogP contribution in [0.2, 0.25) is 0 Å². The number of carbonyl (C=O) groups excluding carboxylic acids is 1. The van der Waals surface area contributed by atoms with Crippen LogP contribution in [0.15, 0.2) is 30.6 Å². The minimum atomic E-state index is 0.0134. The Balaban J connectivity index is 1.41. The zero-order valence-corrected chi connectivity index (χ0v) is 20.1. The molecule has 4 aromatic rings. The molecule has 4 N–H and O–H groups in total. The van der Waals surface area contributed by atoms with E-state index in [0.717, 1.165) is 53.9 Å². The van der Waals surface area contributed by atoms with Crippen molar-refractivity contribution in [3.8, 4) is 17.1 Å². The Kier molecular flexibility index (Phi) is 6.54. The normalized spacial score (nSPS) is 18.2. The molecule has 3 heterocycles. The van der Waals surface area contributed by atoms with Crippen molar-refractivity contribution < 1.29 is 14.3 Å². The molecule has 1 amide bonds. The van der Waals surface area contributed by atoms with Gasteiger partial charge < -0.3 is 25.5 Å². The van der Waals surface area contributed by atoms with Crippen LogP contribution in [0, 0.1) is 5.92 Å². The standard InChI is InChI=1S/C25H31N7O3/c1-3-35-12-11-27-25(33)16-9-7-15(8-10-16)24-31-21(22-23(26)28-14-29-32(22)24)18-13-17-5-4-6-19(34-2)20(17)30-18/h4-6,13-16,30H,3,7-12H2,1-2H3,(H,27,33)(H2,26,28,29). The number of carbonyl (C=O) groups is 1. The van der Waals surface area contributed by atoms with Crippen molar-refractivity contribution in [2.75, 3.05) is 32.6 Å². The van der Waals surface area contributed by atoms with Gasteiger partial charge in [0.15, 0.2) is 5.82 Å². The van der Waals surface area contributed by atoms with Gasteiger partial charge in [-0.25, -0.2) is 14.5 Å². The van der Waals surface area contributed by atoms with Crippen molar-refractivity contribution in [1.82, 2.24) is 29.9 Å². The first-order chi connectivity index (χ1) is 17.1. The number of para-hydroxylation sites is 1. The van der Waals surface area contributed by atoms with Gasteiger partial charge in [0.2, 0.25) is 5.91 Å². The number of anilines is 1. The summed E-state index contributed by atoms with van der Waals surface area (Å²) in [6.07, 6.45) is 4.78. The van der Waals surface area contributed by atoms with Gasteiger partial charge >= 0.3 is 0 Å². The Morgan fingerprint density at radius 1 is 1.29 bits per heavy atom. The largest absolute Gasteiger partial charge is 0.495 e. The molecule has 0 spiro atoms. The molecule has 10 heteroatoms. The molecular formula is C25H31N7O3. The van der Waals surface area contributed by atoms with Crippen molar-refractivity contribution in [2.24, 2.45) is 5.92 Å². The number of hydrogen-bond donors (Lipinski definition) is 3. The molecule has 1 fully saturated rings. The molecule has 10 nitrogen and oxygen atoms in total. The summed E-state index contributed by atoms with van der Waals surface area (Å²) in [6, 6.07) is 7.94. The van der Waals surface area contributed by atoms with E-state index in [9.17, 15) is 4.79 Å². The first-order valence-corrected chi connectivity index (χ1v) is 12.1. The van der Waals surface area contributed by atoms with Crippen LogP contribution in [-0.2, 0) is 9.53 Å². The zero-order chi connectivity index (χ0) is 24.4. The van der Waals surface area contributed by atoms with Crippen LogP contribution in [0.4, 0.5) is 5.82 Å². The predicted molar refractivity (Wildman–Crippen MR) is 133 cm³/mol. The van der Waals surface area contributed by atoms with Gasteiger partial charge in [0.25, 0.3) is 0 Å². The van der Waals surface area contributed by atoms with Crippen molar-refractivity contribution in [2.45, 2.75) is 38.5 Å². The molecule has 0 bridgehead atoms. The molecule has 1 aliphatic rings. The van der Waals surface area contributed by atoms with Gasteiger partial charge in [-0.2, -0.15) is 5.10 Å². The number of nitrogens with two attached hydrogens (primary N) is 1. The number of ether oxygens (including phenoxy) is 2. The lowest BCUT2D eigenvalue weighted by Gasteiger charge is -2.26. The zero-order valence-electron chi connectivity index (χ0n) is 20.1. The lowest BCUT2D eigenvalue weighted by Crippen LogP contribution is -2.35. The number of rotatable bonds is 8. The highest BCUT2D eigenvalue weighted by Gasteiger charge is 2.31. The van der Waals surface area contributed by atoms with E-state index >= 15 is 0 Å². The van der Waals surface area contributed by atoms with E-state index in [0.29, 0.717) is 36.8 Å². The number of fused-ring (bicyclic) bond motifs is 2. The summed E-state index contributed by atoms with van der Waals surface area (Å²) in [4.78, 5) is 25.2. The number of nitrogen functional groups attached to an aromatic ring is 1. The maximum Gasteiger partial charge on any atom is 0.223 e. The van der Waals surface area contributed by atoms with Crippen molar-refractivity contribution in [3.05, 3.63) is 36.4 Å². The van der Waals surface area contributed by atoms with E-state index in [4.69, 9.17) is 20.2 Å². The van der Waals surface area contributed by atoms with Gasteiger partial charge in [0.05, 0.1) is 24.9 Å². The van der Waals surface area contributed by atoms with E-state index in [2.05, 4.69) is 20.4 Å². The number of aromatic nitrogens is 5. The second kappa shape index (κ2) is 9.91. The fourth-order valence-corrected chi connectivity index (χ4v) is 5.00. The molecule has 0 radical (unpaired) electrons. The van der Waals surface area contributed by atoms with Crippen LogP contribution >= 0.6 is 0 Å². The molecular weight excluding hydrogens is 446 g/mol. The third-order valence-corrected chi connectivity index (χ3v) is 6.79. The number of aromatic amines is 1. The summed E-state index contributed by atoms with van der Waals surface area (Å²) in [5, 5.41) is 8.51.